The van der Waals surface area contributed by atoms with Crippen molar-refractivity contribution in [1.29, 1.82) is 0 Å². The van der Waals surface area contributed by atoms with E-state index in [4.69, 9.17) is 37.9 Å². The first-order valence-corrected chi connectivity index (χ1v) is 18.5. The van der Waals surface area contributed by atoms with Gasteiger partial charge in [0.15, 0.2) is 0 Å². The Morgan fingerprint density at radius 2 is 0.489 bits per heavy atom. The molecule has 0 aliphatic carbocycles. The molecule has 0 saturated heterocycles. The van der Waals surface area contributed by atoms with Gasteiger partial charge in [-0.2, -0.15) is 0 Å². The highest BCUT2D eigenvalue weighted by Gasteiger charge is 1.97. The molecule has 45 heavy (non-hydrogen) atoms. The minimum atomic E-state index is 0.548. The van der Waals surface area contributed by atoms with Gasteiger partial charge < -0.3 is 42.8 Å². The number of rotatable bonds is 41. The fourth-order valence-electron chi connectivity index (χ4n) is 4.64. The van der Waals surface area contributed by atoms with Crippen LogP contribution < -0.4 is 0 Å². The van der Waals surface area contributed by atoms with E-state index in [2.05, 4.69) is 11.8 Å². The average molecular weight is 650 g/mol. The van der Waals surface area contributed by atoms with Gasteiger partial charge in [-0.3, -0.25) is 0 Å². The first kappa shape index (κ1) is 44.6. The summed E-state index contributed by atoms with van der Waals surface area (Å²) >= 11 is 0. The van der Waals surface area contributed by atoms with E-state index in [-0.39, 0.29) is 0 Å². The van der Waals surface area contributed by atoms with Gasteiger partial charge in [0.2, 0.25) is 0 Å². The van der Waals surface area contributed by atoms with Crippen LogP contribution in [0.4, 0.5) is 0 Å². The molecule has 0 rings (SSSR count). The maximum atomic E-state index is 5.69. The molecule has 0 spiro atoms. The van der Waals surface area contributed by atoms with E-state index in [1.165, 1.54) is 96.3 Å². The van der Waals surface area contributed by atoms with E-state index in [0.717, 1.165) is 26.2 Å². The van der Waals surface area contributed by atoms with Crippen LogP contribution in [-0.4, -0.2) is 131 Å². The number of likely N-dealkylation sites (N-methyl/N-ethyl adjacent to an activating group) is 1. The van der Waals surface area contributed by atoms with Crippen molar-refractivity contribution in [3.05, 3.63) is 0 Å². The molecule has 0 heterocycles. The molecule has 0 aliphatic heterocycles. The van der Waals surface area contributed by atoms with Crippen molar-refractivity contribution in [3.8, 4) is 0 Å². The quantitative estimate of drug-likeness (QED) is 0.0655. The van der Waals surface area contributed by atoms with Crippen LogP contribution in [0, 0.1) is 0 Å². The van der Waals surface area contributed by atoms with Crippen LogP contribution in [0.15, 0.2) is 0 Å². The Kier molecular flexibility index (Phi) is 41.3. The molecule has 0 aromatic rings. The molecule has 0 aliphatic rings. The maximum absolute atomic E-state index is 5.69. The summed E-state index contributed by atoms with van der Waals surface area (Å²) in [6.45, 7) is 12.9. The van der Waals surface area contributed by atoms with Crippen molar-refractivity contribution < 1.29 is 37.9 Å². The molecular formula is C36H75NO8. The van der Waals surface area contributed by atoms with Crippen LogP contribution in [-0.2, 0) is 37.9 Å². The van der Waals surface area contributed by atoms with Gasteiger partial charge in [0, 0.05) is 13.2 Å². The molecule has 0 aromatic carbocycles. The van der Waals surface area contributed by atoms with Crippen LogP contribution in [0.5, 0.6) is 0 Å². The second-order valence-electron chi connectivity index (χ2n) is 12.0. The van der Waals surface area contributed by atoms with Crippen molar-refractivity contribution in [2.75, 3.05) is 126 Å². The van der Waals surface area contributed by atoms with E-state index in [0.29, 0.717) is 92.5 Å². The molecular weight excluding hydrogens is 574 g/mol. The zero-order valence-corrected chi connectivity index (χ0v) is 30.0. The molecule has 0 aromatic heterocycles. The smallest absolute Gasteiger partial charge is 0.0701 e. The normalized spacial score (nSPS) is 11.7. The summed E-state index contributed by atoms with van der Waals surface area (Å²) in [4.78, 5) is 2.09. The van der Waals surface area contributed by atoms with Crippen molar-refractivity contribution in [2.24, 2.45) is 0 Å². The summed E-state index contributed by atoms with van der Waals surface area (Å²) in [5.41, 5.74) is 0. The van der Waals surface area contributed by atoms with Gasteiger partial charge >= 0.3 is 0 Å². The number of nitrogens with zero attached hydrogens (tertiary/aromatic N) is 1. The van der Waals surface area contributed by atoms with E-state index in [1.54, 1.807) is 0 Å². The number of unbranched alkanes of at least 4 members (excludes halogenated alkanes) is 15. The van der Waals surface area contributed by atoms with E-state index >= 15 is 0 Å². The Balaban J connectivity index is 3.04. The number of hydrogen-bond acceptors (Lipinski definition) is 9. The number of hydrogen-bond donors (Lipinski definition) is 0. The highest BCUT2D eigenvalue weighted by molar-refractivity contribution is 4.50. The Morgan fingerprint density at radius 3 is 0.756 bits per heavy atom. The highest BCUT2D eigenvalue weighted by atomic mass is 16.6. The molecule has 9 heteroatoms. The summed E-state index contributed by atoms with van der Waals surface area (Å²) in [5, 5.41) is 0. The van der Waals surface area contributed by atoms with E-state index < -0.39 is 0 Å². The molecule has 0 fully saturated rings. The molecule has 0 radical (unpaired) electrons. The lowest BCUT2D eigenvalue weighted by Gasteiger charge is -2.10. The van der Waals surface area contributed by atoms with Crippen LogP contribution in [0.3, 0.4) is 0 Å². The van der Waals surface area contributed by atoms with Crippen LogP contribution in [0.1, 0.15) is 110 Å². The fourth-order valence-corrected chi connectivity index (χ4v) is 4.64. The molecule has 0 amide bonds. The molecule has 0 saturated carbocycles. The Morgan fingerprint density at radius 1 is 0.267 bits per heavy atom. The van der Waals surface area contributed by atoms with Gasteiger partial charge in [-0.1, -0.05) is 103 Å². The first-order valence-electron chi connectivity index (χ1n) is 18.5. The topological polar surface area (TPSA) is 77.1 Å². The summed E-state index contributed by atoms with van der Waals surface area (Å²) < 4.78 is 44.2. The lowest BCUT2D eigenvalue weighted by Crippen LogP contribution is -2.19. The molecule has 272 valence electrons. The van der Waals surface area contributed by atoms with Gasteiger partial charge in [-0.25, -0.2) is 0 Å². The largest absolute Gasteiger partial charge is 0.379 e. The summed E-state index contributed by atoms with van der Waals surface area (Å²) in [6, 6.07) is 0. The average Bonchev–Trinajstić information content (AvgIpc) is 3.03. The van der Waals surface area contributed by atoms with Gasteiger partial charge in [0.25, 0.3) is 0 Å². The molecule has 0 bridgehead atoms. The highest BCUT2D eigenvalue weighted by Crippen LogP contribution is 2.13. The van der Waals surface area contributed by atoms with Gasteiger partial charge in [-0.05, 0) is 20.5 Å². The fraction of sp³-hybridized carbons (Fsp3) is 1.00. The third-order valence-electron chi connectivity index (χ3n) is 7.43. The molecule has 0 N–H and O–H groups in total. The zero-order chi connectivity index (χ0) is 32.6. The predicted octanol–water partition coefficient (Wildman–Crippen LogP) is 6.94. The SMILES string of the molecule is CCCCCCCCCCCCCCCCCCOCCOCCOCCOCCOCCOCCOCCOCCN(C)C. The monoisotopic (exact) mass is 650 g/mol. The molecule has 0 atom stereocenters. The molecule has 9 nitrogen and oxygen atoms in total. The Hall–Kier alpha value is -0.360. The van der Waals surface area contributed by atoms with Crippen LogP contribution in [0.25, 0.3) is 0 Å². The minimum absolute atomic E-state index is 0.548. The van der Waals surface area contributed by atoms with E-state index in [1.807, 2.05) is 14.1 Å². The lowest BCUT2D eigenvalue weighted by atomic mass is 10.0. The standard InChI is InChI=1S/C36H75NO8/c1-4-5-6-7-8-9-10-11-12-13-14-15-16-17-18-19-21-38-23-25-40-27-29-42-31-33-44-35-36-45-34-32-43-30-28-41-26-24-39-22-20-37(2)3/h4-36H2,1-3H3. The summed E-state index contributed by atoms with van der Waals surface area (Å²) in [7, 11) is 4.06. The summed E-state index contributed by atoms with van der Waals surface area (Å²) in [6.07, 6.45) is 22.3. The third kappa shape index (κ3) is 43.6. The Bertz CT molecular complexity index is 515. The molecule has 0 unspecified atom stereocenters. The second-order valence-corrected chi connectivity index (χ2v) is 12.0. The van der Waals surface area contributed by atoms with Gasteiger partial charge in [0.05, 0.1) is 99.1 Å². The van der Waals surface area contributed by atoms with Gasteiger partial charge in [-0.15, -0.1) is 0 Å². The second kappa shape index (κ2) is 41.7. The Labute approximate surface area is 278 Å². The van der Waals surface area contributed by atoms with E-state index in [9.17, 15) is 0 Å². The van der Waals surface area contributed by atoms with Crippen molar-refractivity contribution in [3.63, 3.8) is 0 Å². The predicted molar refractivity (Wildman–Crippen MR) is 185 cm³/mol. The van der Waals surface area contributed by atoms with Crippen molar-refractivity contribution in [2.45, 2.75) is 110 Å². The minimum Gasteiger partial charge on any atom is -0.379 e. The van der Waals surface area contributed by atoms with Crippen LogP contribution >= 0.6 is 0 Å². The lowest BCUT2D eigenvalue weighted by molar-refractivity contribution is -0.0233. The third-order valence-corrected chi connectivity index (χ3v) is 7.43. The summed E-state index contributed by atoms with van der Waals surface area (Å²) in [5.74, 6) is 0. The van der Waals surface area contributed by atoms with Crippen molar-refractivity contribution in [1.82, 2.24) is 4.90 Å². The maximum Gasteiger partial charge on any atom is 0.0701 e. The number of ether oxygens (including phenoxy) is 8. The van der Waals surface area contributed by atoms with Gasteiger partial charge in [0.1, 0.15) is 0 Å². The van der Waals surface area contributed by atoms with Crippen LogP contribution in [0.2, 0.25) is 0 Å². The zero-order valence-electron chi connectivity index (χ0n) is 30.0. The first-order chi connectivity index (χ1) is 22.3. The van der Waals surface area contributed by atoms with Crippen molar-refractivity contribution >= 4 is 0 Å².